The summed E-state index contributed by atoms with van der Waals surface area (Å²) in [6.45, 7) is 0.662. The van der Waals surface area contributed by atoms with Crippen molar-refractivity contribution in [2.24, 2.45) is 0 Å². The molecule has 2 atom stereocenters. The molecule has 0 bridgehead atoms. The number of aromatic nitrogens is 1. The molecule has 2 aliphatic heterocycles. The van der Waals surface area contributed by atoms with E-state index in [1.165, 1.54) is 35.7 Å². The van der Waals surface area contributed by atoms with Gasteiger partial charge in [-0.1, -0.05) is 0 Å². The third kappa shape index (κ3) is 3.47. The Hall–Kier alpha value is -2.80. The van der Waals surface area contributed by atoms with Crippen LogP contribution in [-0.4, -0.2) is 60.9 Å². The zero-order valence-electron chi connectivity index (χ0n) is 16.5. The molecule has 2 saturated heterocycles. The average molecular weight is 426 g/mol. The van der Waals surface area contributed by atoms with Crippen LogP contribution in [-0.2, 0) is 19.6 Å². The molecule has 1 amide bonds. The first-order chi connectivity index (χ1) is 14.5. The van der Waals surface area contributed by atoms with Crippen molar-refractivity contribution in [2.75, 3.05) is 20.2 Å². The van der Waals surface area contributed by atoms with Gasteiger partial charge in [0.15, 0.2) is 6.10 Å². The van der Waals surface area contributed by atoms with E-state index in [9.17, 15) is 13.2 Å². The molecular weight excluding hydrogens is 404 g/mol. The summed E-state index contributed by atoms with van der Waals surface area (Å²) in [7, 11) is -2.10. The number of rotatable bonds is 5. The van der Waals surface area contributed by atoms with Crippen LogP contribution in [0.25, 0.3) is 0 Å². The second kappa shape index (κ2) is 8.14. The Bertz CT molecular complexity index is 1060. The Kier molecular flexibility index (Phi) is 5.56. The number of carbonyl (C=O) groups is 1. The summed E-state index contributed by atoms with van der Waals surface area (Å²) in [4.78, 5) is 18.7. The molecule has 0 N–H and O–H groups in total. The highest BCUT2D eigenvalue weighted by Gasteiger charge is 2.52. The molecule has 1 aromatic heterocycles. The Balaban J connectivity index is 1.47. The fraction of sp³-hybridized carbons (Fsp3) is 0.381. The van der Waals surface area contributed by atoms with E-state index < -0.39 is 16.1 Å². The summed E-state index contributed by atoms with van der Waals surface area (Å²) in [5.41, 5.74) is 1.38. The van der Waals surface area contributed by atoms with E-state index in [0.29, 0.717) is 31.5 Å². The number of nitriles is 1. The van der Waals surface area contributed by atoms with Gasteiger partial charge in [0.1, 0.15) is 0 Å². The monoisotopic (exact) mass is 426 g/mol. The maximum absolute atomic E-state index is 12.9. The zero-order chi connectivity index (χ0) is 21.3. The van der Waals surface area contributed by atoms with Crippen molar-refractivity contribution in [1.29, 1.82) is 5.26 Å². The summed E-state index contributed by atoms with van der Waals surface area (Å²) >= 11 is 0. The molecule has 0 spiro atoms. The van der Waals surface area contributed by atoms with Gasteiger partial charge in [-0.3, -0.25) is 9.78 Å². The lowest BCUT2D eigenvalue weighted by Crippen LogP contribution is -2.64. The minimum atomic E-state index is -3.63. The van der Waals surface area contributed by atoms with Crippen molar-refractivity contribution in [3.05, 3.63) is 59.9 Å². The Morgan fingerprint density at radius 3 is 2.30 bits per heavy atom. The van der Waals surface area contributed by atoms with Gasteiger partial charge in [-0.05, 0) is 54.8 Å². The highest BCUT2D eigenvalue weighted by Crippen LogP contribution is 2.40. The van der Waals surface area contributed by atoms with Crippen LogP contribution in [0.5, 0.6) is 0 Å². The molecule has 0 unspecified atom stereocenters. The lowest BCUT2D eigenvalue weighted by molar-refractivity contribution is -0.178. The molecule has 2 aliphatic rings. The van der Waals surface area contributed by atoms with Crippen molar-refractivity contribution >= 4 is 15.9 Å². The summed E-state index contributed by atoms with van der Waals surface area (Å²) in [5, 5.41) is 8.90. The Labute approximate surface area is 175 Å². The summed E-state index contributed by atoms with van der Waals surface area (Å²) in [5.74, 6) is -0.0623. The fourth-order valence-corrected chi connectivity index (χ4v) is 5.70. The van der Waals surface area contributed by atoms with E-state index >= 15 is 0 Å². The van der Waals surface area contributed by atoms with E-state index in [4.69, 9.17) is 10.00 Å². The van der Waals surface area contributed by atoms with Crippen LogP contribution in [0, 0.1) is 11.3 Å². The first-order valence-electron chi connectivity index (χ1n) is 9.72. The molecular formula is C21H22N4O4S. The number of carbonyl (C=O) groups excluding carboxylic acids is 1. The fourth-order valence-electron chi connectivity index (χ4n) is 4.23. The van der Waals surface area contributed by atoms with Gasteiger partial charge in [0.2, 0.25) is 10.0 Å². The first-order valence-corrected chi connectivity index (χ1v) is 11.2. The third-order valence-corrected chi connectivity index (χ3v) is 7.74. The summed E-state index contributed by atoms with van der Waals surface area (Å²) < 4.78 is 32.7. The van der Waals surface area contributed by atoms with Gasteiger partial charge in [-0.2, -0.15) is 9.57 Å². The molecule has 9 heteroatoms. The van der Waals surface area contributed by atoms with Crippen molar-refractivity contribution in [2.45, 2.75) is 35.9 Å². The van der Waals surface area contributed by atoms with Crippen LogP contribution >= 0.6 is 0 Å². The van der Waals surface area contributed by atoms with Gasteiger partial charge in [0.25, 0.3) is 5.91 Å². The van der Waals surface area contributed by atoms with Crippen LogP contribution in [0.2, 0.25) is 0 Å². The van der Waals surface area contributed by atoms with Gasteiger partial charge in [0, 0.05) is 38.6 Å². The maximum Gasteiger partial charge on any atom is 0.255 e. The second-order valence-electron chi connectivity index (χ2n) is 7.40. The molecule has 156 valence electrons. The molecule has 1 aromatic carbocycles. The number of pyridine rings is 1. The van der Waals surface area contributed by atoms with Crippen LogP contribution in [0.4, 0.5) is 0 Å². The van der Waals surface area contributed by atoms with Crippen LogP contribution in [0.15, 0.2) is 53.7 Å². The molecule has 3 heterocycles. The highest BCUT2D eigenvalue weighted by molar-refractivity contribution is 7.89. The number of nitrogens with zero attached hydrogens (tertiary/aromatic N) is 4. The number of sulfonamides is 1. The molecule has 0 radical (unpaired) electrons. The first kappa shape index (κ1) is 20.5. The predicted molar refractivity (Wildman–Crippen MR) is 108 cm³/mol. The van der Waals surface area contributed by atoms with E-state index in [-0.39, 0.29) is 22.9 Å². The molecule has 4 rings (SSSR count). The number of methoxy groups -OCH3 is 1. The van der Waals surface area contributed by atoms with E-state index in [0.717, 1.165) is 5.56 Å². The van der Waals surface area contributed by atoms with Crippen molar-refractivity contribution < 1.29 is 17.9 Å². The zero-order valence-corrected chi connectivity index (χ0v) is 17.3. The number of piperidine rings is 1. The SMILES string of the molecule is CO[C@H]1C(=O)N(C2CCN(S(=O)(=O)c3ccc(C#N)cc3)CC2)[C@H]1c1ccncc1. The number of amides is 1. The van der Waals surface area contributed by atoms with Crippen molar-refractivity contribution in [1.82, 2.24) is 14.2 Å². The number of hydrogen-bond acceptors (Lipinski definition) is 6. The minimum absolute atomic E-state index is 0.0468. The summed E-state index contributed by atoms with van der Waals surface area (Å²) in [6, 6.07) is 11.4. The average Bonchev–Trinajstić information content (AvgIpc) is 2.78. The van der Waals surface area contributed by atoms with E-state index in [1.807, 2.05) is 23.1 Å². The number of ether oxygens (including phenoxy) is 1. The largest absolute Gasteiger partial charge is 0.369 e. The quantitative estimate of drug-likeness (QED) is 0.674. The number of benzene rings is 1. The van der Waals surface area contributed by atoms with Gasteiger partial charge in [-0.25, -0.2) is 8.42 Å². The maximum atomic E-state index is 12.9. The predicted octanol–water partition coefficient (Wildman–Crippen LogP) is 1.70. The molecule has 0 saturated carbocycles. The van der Waals surface area contributed by atoms with Crippen molar-refractivity contribution in [3.8, 4) is 6.07 Å². The molecule has 8 nitrogen and oxygen atoms in total. The second-order valence-corrected chi connectivity index (χ2v) is 9.34. The van der Waals surface area contributed by atoms with Gasteiger partial charge in [0.05, 0.1) is 22.6 Å². The van der Waals surface area contributed by atoms with Gasteiger partial charge >= 0.3 is 0 Å². The van der Waals surface area contributed by atoms with Crippen LogP contribution < -0.4 is 0 Å². The highest BCUT2D eigenvalue weighted by atomic mass is 32.2. The summed E-state index contributed by atoms with van der Waals surface area (Å²) in [6.07, 6.45) is 3.97. The molecule has 30 heavy (non-hydrogen) atoms. The number of β-lactam (4-membered cyclic amide) rings is 1. The normalized spacial score (nSPS) is 23.1. The van der Waals surface area contributed by atoms with Crippen LogP contribution in [0.1, 0.15) is 30.0 Å². The van der Waals surface area contributed by atoms with E-state index in [2.05, 4.69) is 4.98 Å². The Morgan fingerprint density at radius 1 is 1.10 bits per heavy atom. The standard InChI is InChI=1S/C21H22N4O4S/c1-29-20-19(16-6-10-23-11-7-16)25(21(20)26)17-8-12-24(13-9-17)30(27,28)18-4-2-15(14-22)3-5-18/h2-7,10-11,17,19-20H,8-9,12-13H2,1H3/t19-,20+/m0/s1. The van der Waals surface area contributed by atoms with E-state index in [1.54, 1.807) is 12.4 Å². The lowest BCUT2D eigenvalue weighted by Gasteiger charge is -2.52. The molecule has 2 aromatic rings. The molecule has 0 aliphatic carbocycles. The minimum Gasteiger partial charge on any atom is -0.369 e. The number of hydrogen-bond donors (Lipinski definition) is 0. The van der Waals surface area contributed by atoms with Gasteiger partial charge in [-0.15, -0.1) is 0 Å². The Morgan fingerprint density at radius 2 is 1.73 bits per heavy atom. The topological polar surface area (TPSA) is 104 Å². The third-order valence-electron chi connectivity index (χ3n) is 5.82. The van der Waals surface area contributed by atoms with Crippen molar-refractivity contribution in [3.63, 3.8) is 0 Å². The van der Waals surface area contributed by atoms with Gasteiger partial charge < -0.3 is 9.64 Å². The molecule has 2 fully saturated rings. The lowest BCUT2D eigenvalue weighted by atomic mass is 9.87. The van der Waals surface area contributed by atoms with Crippen LogP contribution in [0.3, 0.4) is 0 Å². The smallest absolute Gasteiger partial charge is 0.255 e. The number of likely N-dealkylation sites (tertiary alicyclic amines) is 1.